The summed E-state index contributed by atoms with van der Waals surface area (Å²) in [5.74, 6) is 0. The van der Waals surface area contributed by atoms with Crippen LogP contribution in [-0.4, -0.2) is 16.0 Å². The first kappa shape index (κ1) is 9.60. The summed E-state index contributed by atoms with van der Waals surface area (Å²) in [5, 5.41) is 4.79. The molecule has 82 valence electrons. The molecule has 2 heterocycles. The van der Waals surface area contributed by atoms with Gasteiger partial charge in [0.15, 0.2) is 0 Å². The van der Waals surface area contributed by atoms with Gasteiger partial charge in [-0.1, -0.05) is 12.2 Å². The standard InChI is InChI=1S/C13H15N3/c1-2-5-11(4-1)15-8-10-9-16-13-12(10)6-3-7-14-13/h1-3,6-7,9,11,15H,4-5,8H2,(H,14,16). The van der Waals surface area contributed by atoms with Crippen LogP contribution in [0.15, 0.2) is 36.7 Å². The number of hydrogen-bond acceptors (Lipinski definition) is 2. The van der Waals surface area contributed by atoms with Crippen LogP contribution in [0, 0.1) is 0 Å². The van der Waals surface area contributed by atoms with E-state index in [1.54, 1.807) is 0 Å². The van der Waals surface area contributed by atoms with Crippen molar-refractivity contribution in [3.63, 3.8) is 0 Å². The fourth-order valence-electron chi connectivity index (χ4n) is 2.20. The Balaban J connectivity index is 1.74. The third-order valence-corrected chi connectivity index (χ3v) is 3.13. The number of rotatable bonds is 3. The van der Waals surface area contributed by atoms with Crippen molar-refractivity contribution in [2.75, 3.05) is 0 Å². The molecule has 16 heavy (non-hydrogen) atoms. The number of hydrogen-bond donors (Lipinski definition) is 2. The van der Waals surface area contributed by atoms with Crippen molar-refractivity contribution >= 4 is 11.0 Å². The average molecular weight is 213 g/mol. The van der Waals surface area contributed by atoms with Crippen molar-refractivity contribution in [3.05, 3.63) is 42.2 Å². The minimum Gasteiger partial charge on any atom is -0.346 e. The van der Waals surface area contributed by atoms with Crippen LogP contribution in [0.2, 0.25) is 0 Å². The smallest absolute Gasteiger partial charge is 0.137 e. The lowest BCUT2D eigenvalue weighted by atomic mass is 10.2. The molecule has 1 aliphatic carbocycles. The van der Waals surface area contributed by atoms with E-state index in [4.69, 9.17) is 0 Å². The van der Waals surface area contributed by atoms with Gasteiger partial charge in [-0.2, -0.15) is 0 Å². The van der Waals surface area contributed by atoms with E-state index in [0.717, 1.165) is 25.0 Å². The first-order valence-electron chi connectivity index (χ1n) is 5.73. The Morgan fingerprint density at radius 1 is 1.38 bits per heavy atom. The summed E-state index contributed by atoms with van der Waals surface area (Å²) in [5.41, 5.74) is 2.28. The van der Waals surface area contributed by atoms with Crippen LogP contribution in [0.4, 0.5) is 0 Å². The van der Waals surface area contributed by atoms with Crippen molar-refractivity contribution in [2.24, 2.45) is 0 Å². The topological polar surface area (TPSA) is 40.7 Å². The predicted octanol–water partition coefficient (Wildman–Crippen LogP) is 2.37. The molecule has 0 aliphatic heterocycles. The molecule has 1 aliphatic rings. The highest BCUT2D eigenvalue weighted by Gasteiger charge is 2.10. The Bertz CT molecular complexity index is 505. The van der Waals surface area contributed by atoms with E-state index in [1.807, 2.05) is 18.5 Å². The molecule has 3 rings (SSSR count). The van der Waals surface area contributed by atoms with E-state index in [0.29, 0.717) is 6.04 Å². The Morgan fingerprint density at radius 2 is 2.25 bits per heavy atom. The van der Waals surface area contributed by atoms with Crippen LogP contribution in [0.3, 0.4) is 0 Å². The van der Waals surface area contributed by atoms with Crippen LogP contribution in [0.25, 0.3) is 11.0 Å². The van der Waals surface area contributed by atoms with E-state index in [1.165, 1.54) is 10.9 Å². The molecule has 0 aromatic carbocycles. The molecule has 3 nitrogen and oxygen atoms in total. The lowest BCUT2D eigenvalue weighted by Gasteiger charge is -2.10. The number of H-pyrrole nitrogens is 1. The van der Waals surface area contributed by atoms with Gasteiger partial charge in [0.05, 0.1) is 0 Å². The lowest BCUT2D eigenvalue weighted by Crippen LogP contribution is -2.25. The normalized spacial score (nSPS) is 16.2. The quantitative estimate of drug-likeness (QED) is 0.768. The van der Waals surface area contributed by atoms with Gasteiger partial charge in [0.2, 0.25) is 0 Å². The van der Waals surface area contributed by atoms with Gasteiger partial charge in [0.25, 0.3) is 0 Å². The second-order valence-corrected chi connectivity index (χ2v) is 4.23. The first-order valence-corrected chi connectivity index (χ1v) is 5.73. The molecule has 3 heteroatoms. The van der Waals surface area contributed by atoms with Gasteiger partial charge in [-0.3, -0.25) is 0 Å². The summed E-state index contributed by atoms with van der Waals surface area (Å²) in [7, 11) is 0. The number of aromatic nitrogens is 2. The third kappa shape index (κ3) is 1.74. The summed E-state index contributed by atoms with van der Waals surface area (Å²) >= 11 is 0. The molecule has 2 N–H and O–H groups in total. The summed E-state index contributed by atoms with van der Waals surface area (Å²) < 4.78 is 0. The maximum atomic E-state index is 4.29. The van der Waals surface area contributed by atoms with Gasteiger partial charge in [-0.15, -0.1) is 0 Å². The van der Waals surface area contributed by atoms with Crippen LogP contribution in [0.1, 0.15) is 18.4 Å². The van der Waals surface area contributed by atoms with E-state index in [2.05, 4.69) is 33.5 Å². The molecule has 2 aromatic rings. The van der Waals surface area contributed by atoms with E-state index < -0.39 is 0 Å². The van der Waals surface area contributed by atoms with E-state index in [-0.39, 0.29) is 0 Å². The van der Waals surface area contributed by atoms with Crippen molar-refractivity contribution in [1.29, 1.82) is 0 Å². The molecule has 0 atom stereocenters. The molecule has 0 bridgehead atoms. The first-order chi connectivity index (χ1) is 7.93. The number of pyridine rings is 1. The van der Waals surface area contributed by atoms with Gasteiger partial charge in [0.1, 0.15) is 5.65 Å². The largest absolute Gasteiger partial charge is 0.346 e. The van der Waals surface area contributed by atoms with Gasteiger partial charge in [-0.05, 0) is 30.5 Å². The average Bonchev–Trinajstić information content (AvgIpc) is 2.96. The summed E-state index contributed by atoms with van der Waals surface area (Å²) in [4.78, 5) is 7.48. The lowest BCUT2D eigenvalue weighted by molar-refractivity contribution is 0.540. The van der Waals surface area contributed by atoms with Crippen molar-refractivity contribution < 1.29 is 0 Å². The number of fused-ring (bicyclic) bond motifs is 1. The Labute approximate surface area is 94.6 Å². The number of nitrogens with one attached hydrogen (secondary N) is 2. The fourth-order valence-corrected chi connectivity index (χ4v) is 2.20. The minimum absolute atomic E-state index is 0.613. The van der Waals surface area contributed by atoms with Crippen LogP contribution in [0.5, 0.6) is 0 Å². The molecule has 0 saturated heterocycles. The molecular weight excluding hydrogens is 198 g/mol. The molecule has 0 fully saturated rings. The second kappa shape index (κ2) is 4.10. The zero-order valence-electron chi connectivity index (χ0n) is 9.11. The monoisotopic (exact) mass is 213 g/mol. The Morgan fingerprint density at radius 3 is 3.12 bits per heavy atom. The van der Waals surface area contributed by atoms with Gasteiger partial charge in [-0.25, -0.2) is 4.98 Å². The van der Waals surface area contributed by atoms with Crippen molar-refractivity contribution in [2.45, 2.75) is 25.4 Å². The second-order valence-electron chi connectivity index (χ2n) is 4.23. The predicted molar refractivity (Wildman–Crippen MR) is 65.1 cm³/mol. The van der Waals surface area contributed by atoms with Gasteiger partial charge >= 0.3 is 0 Å². The zero-order chi connectivity index (χ0) is 10.8. The van der Waals surface area contributed by atoms with Crippen molar-refractivity contribution in [1.82, 2.24) is 15.3 Å². The fraction of sp³-hybridized carbons (Fsp3) is 0.308. The molecule has 0 saturated carbocycles. The van der Waals surface area contributed by atoms with E-state index >= 15 is 0 Å². The minimum atomic E-state index is 0.613. The highest BCUT2D eigenvalue weighted by atomic mass is 14.9. The van der Waals surface area contributed by atoms with E-state index in [9.17, 15) is 0 Å². The molecule has 0 unspecified atom stereocenters. The molecule has 0 spiro atoms. The summed E-state index contributed by atoms with van der Waals surface area (Å²) in [6.07, 6.45) is 10.7. The van der Waals surface area contributed by atoms with Gasteiger partial charge < -0.3 is 10.3 Å². The SMILES string of the molecule is C1=CCC(NCc2c[nH]c3ncccc23)C1. The van der Waals surface area contributed by atoms with Gasteiger partial charge in [0, 0.05) is 30.4 Å². The number of aromatic amines is 1. The molecule has 2 aromatic heterocycles. The molecule has 0 amide bonds. The summed E-state index contributed by atoms with van der Waals surface area (Å²) in [6.45, 7) is 0.915. The Kier molecular flexibility index (Phi) is 2.46. The van der Waals surface area contributed by atoms with Crippen molar-refractivity contribution in [3.8, 4) is 0 Å². The zero-order valence-corrected chi connectivity index (χ0v) is 9.11. The maximum Gasteiger partial charge on any atom is 0.137 e. The molecule has 0 radical (unpaired) electrons. The highest BCUT2D eigenvalue weighted by Crippen LogP contribution is 2.16. The Hall–Kier alpha value is -1.61. The third-order valence-electron chi connectivity index (χ3n) is 3.13. The summed E-state index contributed by atoms with van der Waals surface area (Å²) in [6, 6.07) is 4.71. The highest BCUT2D eigenvalue weighted by molar-refractivity contribution is 5.79. The van der Waals surface area contributed by atoms with Crippen LogP contribution < -0.4 is 5.32 Å². The van der Waals surface area contributed by atoms with Crippen LogP contribution >= 0.6 is 0 Å². The maximum absolute atomic E-state index is 4.29. The number of nitrogens with zero attached hydrogens (tertiary/aromatic N) is 1. The van der Waals surface area contributed by atoms with Crippen LogP contribution in [-0.2, 0) is 6.54 Å². The molecular formula is C13H15N3.